The lowest BCUT2D eigenvalue weighted by molar-refractivity contribution is -0.277. The normalized spacial score (nSPS) is 29.2. The fourth-order valence-electron chi connectivity index (χ4n) is 3.00. The van der Waals surface area contributed by atoms with Crippen molar-refractivity contribution in [2.45, 2.75) is 30.7 Å². The van der Waals surface area contributed by atoms with Crippen molar-refractivity contribution >= 4 is 22.1 Å². The molecule has 8 heteroatoms. The molecule has 2 heterocycles. The molecule has 0 bridgehead atoms. The lowest BCUT2D eigenvalue weighted by atomic mass is 9.99. The van der Waals surface area contributed by atoms with E-state index in [-0.39, 0.29) is 0 Å². The quantitative estimate of drug-likeness (QED) is 0.481. The molecule has 0 amide bonds. The van der Waals surface area contributed by atoms with Crippen LogP contribution in [0.15, 0.2) is 42.5 Å². The molecule has 1 aromatic heterocycles. The topological polar surface area (TPSA) is 125 Å². The average Bonchev–Trinajstić information content (AvgIpc) is 2.67. The first-order chi connectivity index (χ1) is 12.6. The minimum atomic E-state index is -1.51. The second kappa shape index (κ2) is 6.75. The van der Waals surface area contributed by atoms with E-state index < -0.39 is 37.3 Å². The van der Waals surface area contributed by atoms with Crippen LogP contribution in [0.3, 0.4) is 0 Å². The van der Waals surface area contributed by atoms with Crippen LogP contribution in [0.1, 0.15) is 0 Å². The molecular weight excluding hydrogens is 340 g/mol. The van der Waals surface area contributed by atoms with E-state index in [1.54, 1.807) is 18.2 Å². The van der Waals surface area contributed by atoms with E-state index in [4.69, 9.17) is 9.47 Å². The summed E-state index contributed by atoms with van der Waals surface area (Å²) in [6.07, 6.45) is -6.75. The van der Waals surface area contributed by atoms with Gasteiger partial charge in [0.25, 0.3) is 0 Å². The van der Waals surface area contributed by atoms with E-state index in [2.05, 4.69) is 9.97 Å². The molecule has 4 rings (SSSR count). The largest absolute Gasteiger partial charge is 0.460 e. The van der Waals surface area contributed by atoms with Gasteiger partial charge < -0.3 is 29.9 Å². The number of ether oxygens (including phenoxy) is 2. The van der Waals surface area contributed by atoms with E-state index >= 15 is 0 Å². The first-order valence-corrected chi connectivity index (χ1v) is 8.21. The van der Waals surface area contributed by atoms with Crippen LogP contribution in [0.4, 0.5) is 0 Å². The fraction of sp³-hybridized carbons (Fsp3) is 0.333. The van der Waals surface area contributed by atoms with Crippen molar-refractivity contribution in [3.05, 3.63) is 42.5 Å². The number of para-hydroxylation sites is 3. The Bertz CT molecular complexity index is 934. The van der Waals surface area contributed by atoms with Crippen molar-refractivity contribution in [3.8, 4) is 5.75 Å². The van der Waals surface area contributed by atoms with E-state index in [1.807, 2.05) is 24.3 Å². The van der Waals surface area contributed by atoms with Crippen LogP contribution < -0.4 is 4.74 Å². The second-order valence-electron chi connectivity index (χ2n) is 6.15. The van der Waals surface area contributed by atoms with Gasteiger partial charge in [0, 0.05) is 0 Å². The number of aliphatic hydroxyl groups is 4. The number of benzene rings is 2. The molecule has 1 saturated heterocycles. The summed E-state index contributed by atoms with van der Waals surface area (Å²) in [4.78, 5) is 9.09. The third-order valence-electron chi connectivity index (χ3n) is 4.42. The van der Waals surface area contributed by atoms with Crippen molar-refractivity contribution < 1.29 is 29.9 Å². The lowest BCUT2D eigenvalue weighted by Gasteiger charge is -2.39. The maximum atomic E-state index is 10.1. The third-order valence-corrected chi connectivity index (χ3v) is 4.42. The standard InChI is InChI=1S/C18H18N2O6/c21-8-13-15(22)16(23)17(24)18(26-13)25-12-7-3-6-11-14(12)20-10-5-2-1-4-9(10)19-11/h1-7,13,15-18,21-24H,8H2/t13-,15-,16+,17-,18-/m1/s1. The van der Waals surface area contributed by atoms with Gasteiger partial charge in [0.15, 0.2) is 5.75 Å². The zero-order chi connectivity index (χ0) is 18.3. The smallest absolute Gasteiger partial charge is 0.229 e. The number of nitrogens with zero attached hydrogens (tertiary/aromatic N) is 2. The Balaban J connectivity index is 1.71. The van der Waals surface area contributed by atoms with Gasteiger partial charge in [0.1, 0.15) is 29.9 Å². The molecule has 0 aliphatic carbocycles. The highest BCUT2D eigenvalue weighted by Crippen LogP contribution is 2.29. The van der Waals surface area contributed by atoms with Gasteiger partial charge in [-0.15, -0.1) is 0 Å². The van der Waals surface area contributed by atoms with Crippen molar-refractivity contribution in [2.24, 2.45) is 0 Å². The number of fused-ring (bicyclic) bond motifs is 2. The monoisotopic (exact) mass is 358 g/mol. The highest BCUT2D eigenvalue weighted by Gasteiger charge is 2.44. The predicted octanol–water partition coefficient (Wildman–Crippen LogP) is -0.0383. The molecule has 136 valence electrons. The Morgan fingerprint density at radius 2 is 1.54 bits per heavy atom. The summed E-state index contributed by atoms with van der Waals surface area (Å²) in [5, 5.41) is 39.2. The number of aromatic nitrogens is 2. The van der Waals surface area contributed by atoms with Crippen LogP contribution >= 0.6 is 0 Å². The molecule has 5 atom stereocenters. The van der Waals surface area contributed by atoms with Gasteiger partial charge >= 0.3 is 0 Å². The summed E-state index contributed by atoms with van der Waals surface area (Å²) in [6, 6.07) is 12.6. The van der Waals surface area contributed by atoms with Gasteiger partial charge in [-0.25, -0.2) is 9.97 Å². The van der Waals surface area contributed by atoms with Crippen LogP contribution in [0.5, 0.6) is 5.75 Å². The zero-order valence-electron chi connectivity index (χ0n) is 13.6. The molecule has 26 heavy (non-hydrogen) atoms. The molecule has 1 aliphatic heterocycles. The summed E-state index contributed by atoms with van der Waals surface area (Å²) in [6.45, 7) is -0.523. The minimum Gasteiger partial charge on any atom is -0.460 e. The van der Waals surface area contributed by atoms with E-state index in [0.29, 0.717) is 22.3 Å². The van der Waals surface area contributed by atoms with Gasteiger partial charge in [-0.2, -0.15) is 0 Å². The molecular formula is C18H18N2O6. The molecule has 4 N–H and O–H groups in total. The van der Waals surface area contributed by atoms with Crippen LogP contribution in [-0.2, 0) is 4.74 Å². The summed E-state index contributed by atoms with van der Waals surface area (Å²) < 4.78 is 11.1. The van der Waals surface area contributed by atoms with Gasteiger partial charge in [0.2, 0.25) is 6.29 Å². The van der Waals surface area contributed by atoms with Gasteiger partial charge in [0.05, 0.1) is 23.2 Å². The van der Waals surface area contributed by atoms with E-state index in [9.17, 15) is 20.4 Å². The fourth-order valence-corrected chi connectivity index (χ4v) is 3.00. The van der Waals surface area contributed by atoms with Crippen molar-refractivity contribution in [1.29, 1.82) is 0 Å². The van der Waals surface area contributed by atoms with Gasteiger partial charge in [-0.05, 0) is 24.3 Å². The van der Waals surface area contributed by atoms with Crippen molar-refractivity contribution in [3.63, 3.8) is 0 Å². The number of aliphatic hydroxyl groups excluding tert-OH is 4. The Kier molecular flexibility index (Phi) is 4.43. The Labute approximate surface area is 148 Å². The predicted molar refractivity (Wildman–Crippen MR) is 91.4 cm³/mol. The maximum absolute atomic E-state index is 10.1. The Hall–Kier alpha value is -2.36. The number of hydrogen-bond donors (Lipinski definition) is 4. The highest BCUT2D eigenvalue weighted by atomic mass is 16.7. The molecule has 0 unspecified atom stereocenters. The van der Waals surface area contributed by atoms with E-state index in [1.165, 1.54) is 0 Å². The van der Waals surface area contributed by atoms with Gasteiger partial charge in [-0.3, -0.25) is 0 Å². The summed E-state index contributed by atoms with van der Waals surface area (Å²) >= 11 is 0. The van der Waals surface area contributed by atoms with Crippen molar-refractivity contribution in [2.75, 3.05) is 6.61 Å². The SMILES string of the molecule is OC[C@H]1O[C@@H](Oc2cccc3nc4ccccc4nc23)[C@H](O)[C@@H](O)[C@@H]1O. The molecule has 1 aliphatic rings. The summed E-state index contributed by atoms with van der Waals surface area (Å²) in [5.41, 5.74) is 2.50. The first-order valence-electron chi connectivity index (χ1n) is 8.21. The minimum absolute atomic E-state index is 0.310. The van der Waals surface area contributed by atoms with Crippen molar-refractivity contribution in [1.82, 2.24) is 9.97 Å². The highest BCUT2D eigenvalue weighted by molar-refractivity contribution is 5.89. The Morgan fingerprint density at radius 3 is 2.27 bits per heavy atom. The average molecular weight is 358 g/mol. The molecule has 3 aromatic rings. The van der Waals surface area contributed by atoms with E-state index in [0.717, 1.165) is 5.52 Å². The molecule has 0 saturated carbocycles. The molecule has 1 fully saturated rings. The number of hydrogen-bond acceptors (Lipinski definition) is 8. The zero-order valence-corrected chi connectivity index (χ0v) is 13.6. The molecule has 0 spiro atoms. The third kappa shape index (κ3) is 2.87. The Morgan fingerprint density at radius 1 is 0.846 bits per heavy atom. The first kappa shape index (κ1) is 17.1. The van der Waals surface area contributed by atoms with Crippen LogP contribution in [0, 0.1) is 0 Å². The van der Waals surface area contributed by atoms with Crippen LogP contribution in [0.25, 0.3) is 22.1 Å². The second-order valence-corrected chi connectivity index (χ2v) is 6.15. The van der Waals surface area contributed by atoms with Gasteiger partial charge in [-0.1, -0.05) is 18.2 Å². The summed E-state index contributed by atoms with van der Waals surface area (Å²) in [5.74, 6) is 0.310. The maximum Gasteiger partial charge on any atom is 0.229 e. The van der Waals surface area contributed by atoms with Crippen LogP contribution in [0.2, 0.25) is 0 Å². The number of rotatable bonds is 3. The lowest BCUT2D eigenvalue weighted by Crippen LogP contribution is -2.60. The molecule has 8 nitrogen and oxygen atoms in total. The molecule has 0 radical (unpaired) electrons. The summed E-state index contributed by atoms with van der Waals surface area (Å²) in [7, 11) is 0. The van der Waals surface area contributed by atoms with Crippen LogP contribution in [-0.4, -0.2) is 67.7 Å². The molecule has 2 aromatic carbocycles.